The lowest BCUT2D eigenvalue weighted by molar-refractivity contribution is 0.0632. The van der Waals surface area contributed by atoms with E-state index < -0.39 is 0 Å². The Bertz CT molecular complexity index is 156. The Hall–Kier alpha value is -0.520. The predicted octanol–water partition coefficient (Wildman–Crippen LogP) is 1.02. The molecule has 0 amide bonds. The maximum atomic E-state index is 5.47. The minimum absolute atomic E-state index is 0.0279. The van der Waals surface area contributed by atoms with Crippen molar-refractivity contribution in [1.29, 1.82) is 0 Å². The molecule has 68 valence electrons. The summed E-state index contributed by atoms with van der Waals surface area (Å²) in [4.78, 5) is 0. The Labute approximate surface area is 74.7 Å². The molecule has 1 heterocycles. The van der Waals surface area contributed by atoms with Crippen LogP contribution in [0.25, 0.3) is 0 Å². The highest BCUT2D eigenvalue weighted by molar-refractivity contribution is 4.91. The zero-order valence-electron chi connectivity index (χ0n) is 7.68. The van der Waals surface area contributed by atoms with Crippen LogP contribution in [-0.4, -0.2) is 25.8 Å². The molecule has 0 aliphatic carbocycles. The fourth-order valence-corrected chi connectivity index (χ4v) is 1.38. The van der Waals surface area contributed by atoms with Gasteiger partial charge in [0.25, 0.3) is 0 Å². The van der Waals surface area contributed by atoms with Crippen LogP contribution in [0.15, 0.2) is 0 Å². The minimum atomic E-state index is -0.0279. The van der Waals surface area contributed by atoms with Gasteiger partial charge in [0, 0.05) is 0 Å². The second-order valence-corrected chi connectivity index (χ2v) is 3.34. The van der Waals surface area contributed by atoms with Gasteiger partial charge in [-0.3, -0.25) is 0 Å². The van der Waals surface area contributed by atoms with Gasteiger partial charge in [-0.1, -0.05) is 5.92 Å². The Morgan fingerprint density at radius 1 is 1.58 bits per heavy atom. The molecule has 1 fully saturated rings. The van der Waals surface area contributed by atoms with Crippen molar-refractivity contribution in [1.82, 2.24) is 5.32 Å². The molecule has 0 bridgehead atoms. The first-order valence-electron chi connectivity index (χ1n) is 4.61. The topological polar surface area (TPSA) is 21.3 Å². The van der Waals surface area contributed by atoms with E-state index in [0.29, 0.717) is 5.92 Å². The molecule has 1 atom stereocenters. The number of nitrogens with one attached hydrogen (secondary N) is 1. The molecule has 2 nitrogen and oxygen atoms in total. The summed E-state index contributed by atoms with van der Waals surface area (Å²) in [6.45, 7) is 4.99. The van der Waals surface area contributed by atoms with Crippen molar-refractivity contribution in [3.63, 3.8) is 0 Å². The van der Waals surface area contributed by atoms with Crippen LogP contribution in [0.1, 0.15) is 19.8 Å². The third kappa shape index (κ3) is 3.25. The van der Waals surface area contributed by atoms with Crippen molar-refractivity contribution in [3.8, 4) is 12.3 Å². The van der Waals surface area contributed by atoms with Gasteiger partial charge in [-0.15, -0.1) is 6.42 Å². The monoisotopic (exact) mass is 167 g/mol. The number of rotatable bonds is 3. The number of hydrogen-bond acceptors (Lipinski definition) is 2. The highest BCUT2D eigenvalue weighted by atomic mass is 16.5. The van der Waals surface area contributed by atoms with E-state index in [2.05, 4.69) is 11.2 Å². The fraction of sp³-hybridized carbons (Fsp3) is 0.800. The molecule has 0 aromatic rings. The summed E-state index contributed by atoms with van der Waals surface area (Å²) in [7, 11) is 0. The average Bonchev–Trinajstić information content (AvgIpc) is 2.16. The second-order valence-electron chi connectivity index (χ2n) is 3.34. The molecule has 2 heteroatoms. The maximum Gasteiger partial charge on any atom is 0.115 e. The number of hydrogen-bond donors (Lipinski definition) is 1. The molecule has 1 unspecified atom stereocenters. The van der Waals surface area contributed by atoms with Crippen LogP contribution in [0.2, 0.25) is 0 Å². The zero-order chi connectivity index (χ0) is 8.81. The van der Waals surface area contributed by atoms with Crippen LogP contribution in [0.4, 0.5) is 0 Å². The maximum absolute atomic E-state index is 5.47. The van der Waals surface area contributed by atoms with Gasteiger partial charge in [-0.2, -0.15) is 0 Å². The van der Waals surface area contributed by atoms with Gasteiger partial charge in [-0.25, -0.2) is 0 Å². The van der Waals surface area contributed by atoms with Gasteiger partial charge in [0.15, 0.2) is 0 Å². The van der Waals surface area contributed by atoms with Crippen LogP contribution in [-0.2, 0) is 4.74 Å². The molecular weight excluding hydrogens is 150 g/mol. The van der Waals surface area contributed by atoms with E-state index in [0.717, 1.165) is 19.7 Å². The number of ether oxygens (including phenoxy) is 1. The summed E-state index contributed by atoms with van der Waals surface area (Å²) in [5, 5.41) is 3.32. The van der Waals surface area contributed by atoms with Gasteiger partial charge >= 0.3 is 0 Å². The standard InChI is InChI=1S/C10H17NO/c1-3-9(2)12-8-10-4-6-11-7-5-10/h1,9-11H,4-8H2,2H3. The SMILES string of the molecule is C#CC(C)OCC1CCNCC1. The van der Waals surface area contributed by atoms with Gasteiger partial charge in [0.2, 0.25) is 0 Å². The second kappa shape index (κ2) is 5.18. The van der Waals surface area contributed by atoms with Crippen molar-refractivity contribution in [2.75, 3.05) is 19.7 Å². The molecule has 1 rings (SSSR count). The number of terminal acetylenes is 1. The first-order valence-corrected chi connectivity index (χ1v) is 4.61. The van der Waals surface area contributed by atoms with Gasteiger partial charge in [0.05, 0.1) is 6.61 Å². The highest BCUT2D eigenvalue weighted by Crippen LogP contribution is 2.12. The first-order chi connectivity index (χ1) is 5.83. The third-order valence-corrected chi connectivity index (χ3v) is 2.28. The molecule has 1 N–H and O–H groups in total. The normalized spacial score (nSPS) is 21.7. The molecular formula is C10H17NO. The van der Waals surface area contributed by atoms with Crippen LogP contribution in [0.5, 0.6) is 0 Å². The van der Waals surface area contributed by atoms with E-state index in [-0.39, 0.29) is 6.10 Å². The van der Waals surface area contributed by atoms with E-state index >= 15 is 0 Å². The number of piperidine rings is 1. The average molecular weight is 167 g/mol. The largest absolute Gasteiger partial charge is 0.366 e. The molecule has 1 aliphatic rings. The van der Waals surface area contributed by atoms with Crippen LogP contribution >= 0.6 is 0 Å². The Balaban J connectivity index is 2.10. The lowest BCUT2D eigenvalue weighted by atomic mass is 9.99. The van der Waals surface area contributed by atoms with Gasteiger partial charge in [-0.05, 0) is 38.8 Å². The first kappa shape index (κ1) is 9.57. The van der Waals surface area contributed by atoms with Crippen LogP contribution in [0.3, 0.4) is 0 Å². The van der Waals surface area contributed by atoms with Crippen molar-refractivity contribution >= 4 is 0 Å². The third-order valence-electron chi connectivity index (χ3n) is 2.28. The van der Waals surface area contributed by atoms with Crippen LogP contribution < -0.4 is 5.32 Å². The van der Waals surface area contributed by atoms with Crippen molar-refractivity contribution in [3.05, 3.63) is 0 Å². The Morgan fingerprint density at radius 3 is 2.83 bits per heavy atom. The molecule has 1 aliphatic heterocycles. The molecule has 0 saturated carbocycles. The van der Waals surface area contributed by atoms with Crippen molar-refractivity contribution in [2.45, 2.75) is 25.9 Å². The Kier molecular flexibility index (Phi) is 4.13. The van der Waals surface area contributed by atoms with Crippen molar-refractivity contribution < 1.29 is 4.74 Å². The molecule has 1 saturated heterocycles. The van der Waals surface area contributed by atoms with E-state index in [1.54, 1.807) is 0 Å². The fourth-order valence-electron chi connectivity index (χ4n) is 1.38. The smallest absolute Gasteiger partial charge is 0.115 e. The summed E-state index contributed by atoms with van der Waals surface area (Å²) in [5.74, 6) is 3.28. The summed E-state index contributed by atoms with van der Waals surface area (Å²) in [6.07, 6.45) is 7.61. The molecule has 0 radical (unpaired) electrons. The summed E-state index contributed by atoms with van der Waals surface area (Å²) in [6, 6.07) is 0. The molecule has 0 spiro atoms. The molecule has 0 aromatic carbocycles. The molecule has 12 heavy (non-hydrogen) atoms. The van der Waals surface area contributed by atoms with Crippen molar-refractivity contribution in [2.24, 2.45) is 5.92 Å². The quantitative estimate of drug-likeness (QED) is 0.634. The van der Waals surface area contributed by atoms with Gasteiger partial charge < -0.3 is 10.1 Å². The molecule has 0 aromatic heterocycles. The summed E-state index contributed by atoms with van der Waals surface area (Å²) >= 11 is 0. The van der Waals surface area contributed by atoms with E-state index in [4.69, 9.17) is 11.2 Å². The summed E-state index contributed by atoms with van der Waals surface area (Å²) in [5.41, 5.74) is 0. The minimum Gasteiger partial charge on any atom is -0.366 e. The predicted molar refractivity (Wildman–Crippen MR) is 49.8 cm³/mol. The van der Waals surface area contributed by atoms with E-state index in [9.17, 15) is 0 Å². The van der Waals surface area contributed by atoms with Crippen LogP contribution in [0, 0.1) is 18.3 Å². The van der Waals surface area contributed by atoms with E-state index in [1.165, 1.54) is 12.8 Å². The zero-order valence-corrected chi connectivity index (χ0v) is 7.68. The Morgan fingerprint density at radius 2 is 2.25 bits per heavy atom. The summed E-state index contributed by atoms with van der Waals surface area (Å²) < 4.78 is 5.47. The lowest BCUT2D eigenvalue weighted by Gasteiger charge is -2.22. The van der Waals surface area contributed by atoms with Gasteiger partial charge in [0.1, 0.15) is 6.10 Å². The lowest BCUT2D eigenvalue weighted by Crippen LogP contribution is -2.30. The van der Waals surface area contributed by atoms with E-state index in [1.807, 2.05) is 6.92 Å². The highest BCUT2D eigenvalue weighted by Gasteiger charge is 2.13.